The Morgan fingerprint density at radius 1 is 1.00 bits per heavy atom. The summed E-state index contributed by atoms with van der Waals surface area (Å²) in [5.74, 6) is 0.783. The third kappa shape index (κ3) is 3.47. The predicted octanol–water partition coefficient (Wildman–Crippen LogP) is 4.71. The van der Waals surface area contributed by atoms with Gasteiger partial charge in [0, 0.05) is 18.8 Å². The molecule has 21 heavy (non-hydrogen) atoms. The van der Waals surface area contributed by atoms with Gasteiger partial charge in [0.25, 0.3) is 0 Å². The van der Waals surface area contributed by atoms with Gasteiger partial charge < -0.3 is 4.90 Å². The van der Waals surface area contributed by atoms with Gasteiger partial charge >= 0.3 is 0 Å². The quantitative estimate of drug-likeness (QED) is 0.783. The molecule has 0 bridgehead atoms. The minimum Gasteiger partial charge on any atom is -0.371 e. The summed E-state index contributed by atoms with van der Waals surface area (Å²) >= 11 is 0. The molecule has 0 radical (unpaired) electrons. The van der Waals surface area contributed by atoms with Crippen molar-refractivity contribution in [2.24, 2.45) is 5.92 Å². The number of hydrogen-bond acceptors (Lipinski definition) is 1. The second-order valence-corrected chi connectivity index (χ2v) is 6.13. The van der Waals surface area contributed by atoms with E-state index < -0.39 is 0 Å². The fraction of sp³-hybridized carbons (Fsp3) is 0.400. The van der Waals surface area contributed by atoms with Gasteiger partial charge in [0.2, 0.25) is 0 Å². The van der Waals surface area contributed by atoms with Crippen molar-refractivity contribution in [3.8, 4) is 0 Å². The first-order chi connectivity index (χ1) is 10.4. The molecule has 0 aromatic heterocycles. The van der Waals surface area contributed by atoms with E-state index in [1.807, 2.05) is 0 Å². The summed E-state index contributed by atoms with van der Waals surface area (Å²) in [5, 5.41) is 0. The van der Waals surface area contributed by atoms with Crippen LogP contribution in [-0.4, -0.2) is 13.1 Å². The average molecular weight is 279 g/mol. The number of rotatable bonds is 4. The van der Waals surface area contributed by atoms with Crippen molar-refractivity contribution in [2.75, 3.05) is 18.0 Å². The fourth-order valence-electron chi connectivity index (χ4n) is 3.52. The molecule has 1 heterocycles. The van der Waals surface area contributed by atoms with Crippen LogP contribution >= 0.6 is 0 Å². The second kappa shape index (κ2) is 6.80. The van der Waals surface area contributed by atoms with Crippen LogP contribution in [-0.2, 0) is 12.8 Å². The molecule has 1 aliphatic heterocycles. The Morgan fingerprint density at radius 2 is 1.76 bits per heavy atom. The predicted molar refractivity (Wildman–Crippen MR) is 90.9 cm³/mol. The van der Waals surface area contributed by atoms with E-state index in [9.17, 15) is 0 Å². The van der Waals surface area contributed by atoms with E-state index >= 15 is 0 Å². The molecule has 1 nitrogen and oxygen atoms in total. The van der Waals surface area contributed by atoms with Gasteiger partial charge in [-0.25, -0.2) is 0 Å². The molecule has 1 aliphatic rings. The smallest absolute Gasteiger partial charge is 0.0398 e. The summed E-state index contributed by atoms with van der Waals surface area (Å²) < 4.78 is 0. The Morgan fingerprint density at radius 3 is 2.57 bits per heavy atom. The number of para-hydroxylation sites is 1. The van der Waals surface area contributed by atoms with Crippen molar-refractivity contribution in [2.45, 2.75) is 32.6 Å². The minimum absolute atomic E-state index is 0.783. The molecule has 1 fully saturated rings. The van der Waals surface area contributed by atoms with Gasteiger partial charge in [-0.05, 0) is 48.8 Å². The van der Waals surface area contributed by atoms with Crippen molar-refractivity contribution in [3.63, 3.8) is 0 Å². The van der Waals surface area contributed by atoms with Crippen LogP contribution in [0.5, 0.6) is 0 Å². The Labute approximate surface area is 128 Å². The number of hydrogen-bond donors (Lipinski definition) is 0. The summed E-state index contributed by atoms with van der Waals surface area (Å²) in [6.45, 7) is 4.67. The van der Waals surface area contributed by atoms with Crippen molar-refractivity contribution < 1.29 is 0 Å². The third-order valence-corrected chi connectivity index (χ3v) is 4.60. The molecule has 1 unspecified atom stereocenters. The summed E-state index contributed by atoms with van der Waals surface area (Å²) in [6, 6.07) is 19.8. The van der Waals surface area contributed by atoms with Gasteiger partial charge in [-0.15, -0.1) is 0 Å². The molecule has 3 rings (SSSR count). The molecule has 1 atom stereocenters. The molecule has 0 N–H and O–H groups in total. The molecular formula is C20H25N. The van der Waals surface area contributed by atoms with Crippen LogP contribution < -0.4 is 4.90 Å². The van der Waals surface area contributed by atoms with E-state index in [2.05, 4.69) is 66.4 Å². The lowest BCUT2D eigenvalue weighted by molar-refractivity contribution is 0.412. The number of benzene rings is 2. The topological polar surface area (TPSA) is 3.24 Å². The summed E-state index contributed by atoms with van der Waals surface area (Å²) in [4.78, 5) is 2.61. The van der Waals surface area contributed by atoms with Crippen LogP contribution in [0.4, 0.5) is 5.69 Å². The van der Waals surface area contributed by atoms with E-state index in [1.54, 1.807) is 0 Å². The average Bonchev–Trinajstić information content (AvgIpc) is 2.56. The maximum absolute atomic E-state index is 2.61. The van der Waals surface area contributed by atoms with Crippen molar-refractivity contribution in [1.29, 1.82) is 0 Å². The van der Waals surface area contributed by atoms with Gasteiger partial charge in [0.1, 0.15) is 0 Å². The van der Waals surface area contributed by atoms with Crippen LogP contribution in [0.1, 0.15) is 30.9 Å². The number of anilines is 1. The Kier molecular flexibility index (Phi) is 4.59. The molecule has 2 aromatic carbocycles. The van der Waals surface area contributed by atoms with Crippen LogP contribution in [0.15, 0.2) is 54.6 Å². The molecule has 110 valence electrons. The molecule has 1 heteroatoms. The highest BCUT2D eigenvalue weighted by molar-refractivity contribution is 5.54. The van der Waals surface area contributed by atoms with Gasteiger partial charge in [0.05, 0.1) is 0 Å². The van der Waals surface area contributed by atoms with E-state index in [1.165, 1.54) is 49.2 Å². The number of nitrogens with zero attached hydrogens (tertiary/aromatic N) is 1. The summed E-state index contributed by atoms with van der Waals surface area (Å²) in [5.41, 5.74) is 4.42. The highest BCUT2D eigenvalue weighted by Crippen LogP contribution is 2.28. The minimum atomic E-state index is 0.783. The van der Waals surface area contributed by atoms with E-state index in [-0.39, 0.29) is 0 Å². The second-order valence-electron chi connectivity index (χ2n) is 6.13. The third-order valence-electron chi connectivity index (χ3n) is 4.60. The lowest BCUT2D eigenvalue weighted by Gasteiger charge is -2.35. The van der Waals surface area contributed by atoms with E-state index in [0.29, 0.717) is 0 Å². The highest BCUT2D eigenvalue weighted by atomic mass is 15.1. The van der Waals surface area contributed by atoms with Gasteiger partial charge in [0.15, 0.2) is 0 Å². The summed E-state index contributed by atoms with van der Waals surface area (Å²) in [6.07, 6.45) is 5.01. The Balaban J connectivity index is 1.71. The molecule has 2 aromatic rings. The largest absolute Gasteiger partial charge is 0.371 e. The van der Waals surface area contributed by atoms with Crippen LogP contribution in [0.25, 0.3) is 0 Å². The standard InChI is InChI=1S/C20H25N/c1-2-19-12-6-7-13-20(19)21-14-8-11-18(16-21)15-17-9-4-3-5-10-17/h3-7,9-10,12-13,18H,2,8,11,14-16H2,1H3. The summed E-state index contributed by atoms with van der Waals surface area (Å²) in [7, 11) is 0. The van der Waals surface area contributed by atoms with Crippen LogP contribution in [0.2, 0.25) is 0 Å². The zero-order valence-electron chi connectivity index (χ0n) is 13.0. The first kappa shape index (κ1) is 14.2. The molecule has 1 saturated heterocycles. The van der Waals surface area contributed by atoms with Crippen molar-refractivity contribution in [1.82, 2.24) is 0 Å². The molecule has 0 spiro atoms. The highest BCUT2D eigenvalue weighted by Gasteiger charge is 2.21. The van der Waals surface area contributed by atoms with Crippen molar-refractivity contribution in [3.05, 3.63) is 65.7 Å². The SMILES string of the molecule is CCc1ccccc1N1CCCC(Cc2ccccc2)C1. The van der Waals surface area contributed by atoms with E-state index in [0.717, 1.165) is 12.3 Å². The lowest BCUT2D eigenvalue weighted by Crippen LogP contribution is -2.36. The van der Waals surface area contributed by atoms with Gasteiger partial charge in [-0.1, -0.05) is 55.5 Å². The first-order valence-corrected chi connectivity index (χ1v) is 8.23. The Hall–Kier alpha value is -1.76. The molecule has 0 amide bonds. The van der Waals surface area contributed by atoms with E-state index in [4.69, 9.17) is 0 Å². The molecule has 0 saturated carbocycles. The normalized spacial score (nSPS) is 18.7. The maximum atomic E-state index is 2.61. The van der Waals surface area contributed by atoms with Crippen LogP contribution in [0.3, 0.4) is 0 Å². The monoisotopic (exact) mass is 279 g/mol. The fourth-order valence-corrected chi connectivity index (χ4v) is 3.52. The lowest BCUT2D eigenvalue weighted by atomic mass is 9.90. The molecule has 0 aliphatic carbocycles. The van der Waals surface area contributed by atoms with Crippen LogP contribution in [0, 0.1) is 5.92 Å². The first-order valence-electron chi connectivity index (χ1n) is 8.23. The van der Waals surface area contributed by atoms with Gasteiger partial charge in [-0.3, -0.25) is 0 Å². The zero-order valence-corrected chi connectivity index (χ0v) is 13.0. The zero-order chi connectivity index (χ0) is 14.5. The van der Waals surface area contributed by atoms with Gasteiger partial charge in [-0.2, -0.15) is 0 Å². The van der Waals surface area contributed by atoms with Crippen molar-refractivity contribution >= 4 is 5.69 Å². The number of piperidine rings is 1. The molecular weight excluding hydrogens is 254 g/mol. The Bertz CT molecular complexity index is 561. The maximum Gasteiger partial charge on any atom is 0.0398 e. The number of aryl methyl sites for hydroxylation is 1.